The maximum atomic E-state index is 8.85. The topological polar surface area (TPSA) is 45.5 Å². The maximum absolute atomic E-state index is 8.85. The summed E-state index contributed by atoms with van der Waals surface area (Å²) in [5.74, 6) is 1.66. The van der Waals surface area contributed by atoms with Gasteiger partial charge >= 0.3 is 0 Å². The molecule has 0 unspecified atom stereocenters. The average Bonchev–Trinajstić information content (AvgIpc) is 2.87. The second kappa shape index (κ2) is 4.87. The summed E-state index contributed by atoms with van der Waals surface area (Å²) < 4.78 is 11.1. The van der Waals surface area contributed by atoms with Crippen molar-refractivity contribution in [2.24, 2.45) is 0 Å². The van der Waals surface area contributed by atoms with Crippen LogP contribution in [0.15, 0.2) is 18.2 Å². The number of likely N-dealkylation sites (tertiary alicyclic amines) is 1. The highest BCUT2D eigenvalue weighted by Crippen LogP contribution is 2.37. The average molecular weight is 244 g/mol. The SMILES string of the molecule is N#CCN1CCC[C@@H]1c1ccc2c(c1)OCCO2. The van der Waals surface area contributed by atoms with E-state index in [0.717, 1.165) is 30.9 Å². The molecular formula is C14H16N2O2. The molecule has 0 aromatic heterocycles. The highest BCUT2D eigenvalue weighted by atomic mass is 16.6. The van der Waals surface area contributed by atoms with Crippen molar-refractivity contribution in [2.75, 3.05) is 26.3 Å². The van der Waals surface area contributed by atoms with Gasteiger partial charge in [-0.15, -0.1) is 0 Å². The van der Waals surface area contributed by atoms with Gasteiger partial charge in [0.2, 0.25) is 0 Å². The smallest absolute Gasteiger partial charge is 0.161 e. The standard InChI is InChI=1S/C14H16N2O2/c15-5-7-16-6-1-2-12(16)11-3-4-13-14(10-11)18-9-8-17-13/h3-4,10,12H,1-2,6-9H2/t12-/m1/s1. The van der Waals surface area contributed by atoms with Gasteiger partial charge in [0.15, 0.2) is 11.5 Å². The van der Waals surface area contributed by atoms with E-state index in [9.17, 15) is 0 Å². The van der Waals surface area contributed by atoms with E-state index in [1.807, 2.05) is 6.07 Å². The molecule has 2 aliphatic rings. The lowest BCUT2D eigenvalue weighted by Gasteiger charge is -2.24. The Morgan fingerprint density at radius 1 is 1.28 bits per heavy atom. The summed E-state index contributed by atoms with van der Waals surface area (Å²) in [7, 11) is 0. The summed E-state index contributed by atoms with van der Waals surface area (Å²) in [4.78, 5) is 2.23. The Morgan fingerprint density at radius 2 is 2.11 bits per heavy atom. The molecule has 1 fully saturated rings. The number of rotatable bonds is 2. The van der Waals surface area contributed by atoms with Crippen LogP contribution in [0.4, 0.5) is 0 Å². The third-order valence-electron chi connectivity index (χ3n) is 3.59. The van der Waals surface area contributed by atoms with Crippen LogP contribution in [-0.2, 0) is 0 Å². The summed E-state index contributed by atoms with van der Waals surface area (Å²) in [5.41, 5.74) is 1.23. The van der Waals surface area contributed by atoms with Crippen molar-refractivity contribution in [3.63, 3.8) is 0 Å². The van der Waals surface area contributed by atoms with Crippen LogP contribution in [0.1, 0.15) is 24.4 Å². The van der Waals surface area contributed by atoms with Crippen LogP contribution in [0.3, 0.4) is 0 Å². The molecule has 0 aliphatic carbocycles. The van der Waals surface area contributed by atoms with Gasteiger partial charge in [-0.05, 0) is 37.1 Å². The lowest BCUT2D eigenvalue weighted by atomic mass is 10.0. The Labute approximate surface area is 107 Å². The van der Waals surface area contributed by atoms with Gasteiger partial charge in [-0.25, -0.2) is 0 Å². The molecule has 94 valence electrons. The van der Waals surface area contributed by atoms with Gasteiger partial charge in [-0.2, -0.15) is 5.26 Å². The molecule has 1 aromatic rings. The summed E-state index contributed by atoms with van der Waals surface area (Å²) in [6.07, 6.45) is 2.27. The van der Waals surface area contributed by atoms with E-state index in [4.69, 9.17) is 14.7 Å². The first-order chi connectivity index (χ1) is 8.88. The van der Waals surface area contributed by atoms with Gasteiger partial charge in [0.1, 0.15) is 13.2 Å². The van der Waals surface area contributed by atoms with Crippen molar-refractivity contribution in [1.29, 1.82) is 5.26 Å². The zero-order valence-electron chi connectivity index (χ0n) is 10.3. The Kier molecular flexibility index (Phi) is 3.07. The Hall–Kier alpha value is -1.73. The minimum Gasteiger partial charge on any atom is -0.486 e. The molecule has 4 heteroatoms. The molecule has 0 radical (unpaired) electrons. The predicted octanol–water partition coefficient (Wildman–Crippen LogP) is 2.12. The second-order valence-electron chi connectivity index (χ2n) is 4.69. The van der Waals surface area contributed by atoms with Gasteiger partial charge in [-0.1, -0.05) is 6.07 Å². The highest BCUT2D eigenvalue weighted by molar-refractivity contribution is 5.44. The van der Waals surface area contributed by atoms with E-state index in [1.165, 1.54) is 5.56 Å². The lowest BCUT2D eigenvalue weighted by Crippen LogP contribution is -2.23. The van der Waals surface area contributed by atoms with E-state index in [0.29, 0.717) is 25.8 Å². The molecule has 0 amide bonds. The first-order valence-corrected chi connectivity index (χ1v) is 6.39. The second-order valence-corrected chi connectivity index (χ2v) is 4.69. The first-order valence-electron chi connectivity index (χ1n) is 6.39. The van der Waals surface area contributed by atoms with Crippen LogP contribution < -0.4 is 9.47 Å². The van der Waals surface area contributed by atoms with E-state index in [2.05, 4.69) is 23.1 Å². The van der Waals surface area contributed by atoms with Gasteiger partial charge < -0.3 is 9.47 Å². The number of nitrogens with zero attached hydrogens (tertiary/aromatic N) is 2. The molecule has 4 nitrogen and oxygen atoms in total. The van der Waals surface area contributed by atoms with Crippen molar-refractivity contribution >= 4 is 0 Å². The van der Waals surface area contributed by atoms with Crippen LogP contribution in [0.2, 0.25) is 0 Å². The van der Waals surface area contributed by atoms with Crippen LogP contribution >= 0.6 is 0 Å². The molecule has 0 spiro atoms. The van der Waals surface area contributed by atoms with E-state index >= 15 is 0 Å². The van der Waals surface area contributed by atoms with Crippen LogP contribution in [0, 0.1) is 11.3 Å². The molecule has 1 atom stereocenters. The highest BCUT2D eigenvalue weighted by Gasteiger charge is 2.26. The normalized spacial score (nSPS) is 22.7. The fourth-order valence-corrected chi connectivity index (χ4v) is 2.75. The molecule has 2 aliphatic heterocycles. The Balaban J connectivity index is 1.85. The van der Waals surface area contributed by atoms with Gasteiger partial charge in [0.25, 0.3) is 0 Å². The van der Waals surface area contributed by atoms with Crippen LogP contribution in [-0.4, -0.2) is 31.2 Å². The molecule has 0 bridgehead atoms. The maximum Gasteiger partial charge on any atom is 0.161 e. The molecule has 0 N–H and O–H groups in total. The summed E-state index contributed by atoms with van der Waals surface area (Å²) in [5, 5.41) is 8.85. The number of hydrogen-bond acceptors (Lipinski definition) is 4. The fourth-order valence-electron chi connectivity index (χ4n) is 2.75. The number of fused-ring (bicyclic) bond motifs is 1. The van der Waals surface area contributed by atoms with Crippen LogP contribution in [0.5, 0.6) is 11.5 Å². The number of benzene rings is 1. The third-order valence-corrected chi connectivity index (χ3v) is 3.59. The monoisotopic (exact) mass is 244 g/mol. The van der Waals surface area contributed by atoms with Crippen molar-refractivity contribution in [2.45, 2.75) is 18.9 Å². The zero-order chi connectivity index (χ0) is 12.4. The summed E-state index contributed by atoms with van der Waals surface area (Å²) >= 11 is 0. The summed E-state index contributed by atoms with van der Waals surface area (Å²) in [6, 6.07) is 8.72. The predicted molar refractivity (Wildman–Crippen MR) is 66.6 cm³/mol. The van der Waals surface area contributed by atoms with Crippen molar-refractivity contribution < 1.29 is 9.47 Å². The minimum absolute atomic E-state index is 0.348. The Morgan fingerprint density at radius 3 is 2.94 bits per heavy atom. The van der Waals surface area contributed by atoms with Gasteiger partial charge in [0.05, 0.1) is 12.6 Å². The van der Waals surface area contributed by atoms with Crippen molar-refractivity contribution in [3.05, 3.63) is 23.8 Å². The molecular weight excluding hydrogens is 228 g/mol. The van der Waals surface area contributed by atoms with Crippen LogP contribution in [0.25, 0.3) is 0 Å². The number of hydrogen-bond donors (Lipinski definition) is 0. The lowest BCUT2D eigenvalue weighted by molar-refractivity contribution is 0.171. The quantitative estimate of drug-likeness (QED) is 0.747. The number of nitriles is 1. The van der Waals surface area contributed by atoms with Crippen molar-refractivity contribution in [1.82, 2.24) is 4.90 Å². The van der Waals surface area contributed by atoms with Crippen molar-refractivity contribution in [3.8, 4) is 17.6 Å². The fraction of sp³-hybridized carbons (Fsp3) is 0.500. The minimum atomic E-state index is 0.348. The van der Waals surface area contributed by atoms with E-state index in [1.54, 1.807) is 0 Å². The molecule has 1 saturated heterocycles. The summed E-state index contributed by atoms with van der Waals surface area (Å²) in [6.45, 7) is 2.74. The molecule has 18 heavy (non-hydrogen) atoms. The number of ether oxygens (including phenoxy) is 2. The zero-order valence-corrected chi connectivity index (χ0v) is 10.3. The van der Waals surface area contributed by atoms with E-state index in [-0.39, 0.29) is 0 Å². The molecule has 1 aromatic carbocycles. The molecule has 2 heterocycles. The molecule has 3 rings (SSSR count). The van der Waals surface area contributed by atoms with E-state index < -0.39 is 0 Å². The van der Waals surface area contributed by atoms with Gasteiger partial charge in [0, 0.05) is 6.04 Å². The van der Waals surface area contributed by atoms with Gasteiger partial charge in [-0.3, -0.25) is 4.90 Å². The largest absolute Gasteiger partial charge is 0.486 e. The molecule has 0 saturated carbocycles. The third kappa shape index (κ3) is 2.02. The Bertz CT molecular complexity index is 481. The first kappa shape index (κ1) is 11.4.